The number of likely N-dealkylation sites (N-methyl/N-ethyl adjacent to an activating group) is 1. The molecular formula is C28H34N2O5. The van der Waals surface area contributed by atoms with Crippen LogP contribution in [-0.4, -0.2) is 53.2 Å². The lowest BCUT2D eigenvalue weighted by molar-refractivity contribution is -0.158. The Bertz CT molecular complexity index is 1060. The number of nitrogens with one attached hydrogen (secondary N) is 1. The number of hydrogen-bond donors (Lipinski definition) is 2. The predicted molar refractivity (Wildman–Crippen MR) is 133 cm³/mol. The molecule has 35 heavy (non-hydrogen) atoms. The molecule has 0 radical (unpaired) electrons. The molecule has 2 aromatic rings. The van der Waals surface area contributed by atoms with Gasteiger partial charge in [-0.2, -0.15) is 0 Å². The Morgan fingerprint density at radius 2 is 1.57 bits per heavy atom. The summed E-state index contributed by atoms with van der Waals surface area (Å²) >= 11 is 0. The number of aliphatic carboxylic acids is 1. The number of carbonyl (C=O) groups excluding carboxylic acids is 2. The minimum Gasteiger partial charge on any atom is -0.479 e. The minimum absolute atomic E-state index is 0.0798. The molecule has 0 saturated heterocycles. The molecule has 0 spiro atoms. The Labute approximate surface area is 206 Å². The van der Waals surface area contributed by atoms with E-state index in [1.807, 2.05) is 50.2 Å². The first-order valence-corrected chi connectivity index (χ1v) is 12.4. The van der Waals surface area contributed by atoms with E-state index in [1.54, 1.807) is 0 Å². The summed E-state index contributed by atoms with van der Waals surface area (Å²) in [4.78, 5) is 39.7. The molecule has 0 heterocycles. The molecule has 1 saturated carbocycles. The van der Waals surface area contributed by atoms with Crippen LogP contribution in [0.2, 0.25) is 0 Å². The third kappa shape index (κ3) is 4.77. The molecule has 1 fully saturated rings. The summed E-state index contributed by atoms with van der Waals surface area (Å²) in [6, 6.07) is 15.3. The molecule has 4 rings (SSSR count). The number of carboxylic acids is 1. The Hall–Kier alpha value is -3.35. The second kappa shape index (κ2) is 10.1. The van der Waals surface area contributed by atoms with Crippen molar-refractivity contribution in [1.82, 2.24) is 10.2 Å². The van der Waals surface area contributed by atoms with Crippen LogP contribution in [-0.2, 0) is 14.3 Å². The second-order valence-corrected chi connectivity index (χ2v) is 10.1. The van der Waals surface area contributed by atoms with E-state index in [2.05, 4.69) is 17.4 Å². The molecule has 2 aliphatic rings. The van der Waals surface area contributed by atoms with Crippen LogP contribution in [0, 0.1) is 5.92 Å². The maximum Gasteiger partial charge on any atom is 0.407 e. The number of rotatable bonds is 8. The molecule has 2 aliphatic carbocycles. The highest BCUT2D eigenvalue weighted by atomic mass is 16.5. The van der Waals surface area contributed by atoms with Crippen LogP contribution in [0.3, 0.4) is 0 Å². The van der Waals surface area contributed by atoms with Gasteiger partial charge < -0.3 is 20.1 Å². The Morgan fingerprint density at radius 1 is 1.03 bits per heavy atom. The van der Waals surface area contributed by atoms with Crippen molar-refractivity contribution in [3.8, 4) is 11.1 Å². The van der Waals surface area contributed by atoms with E-state index >= 15 is 0 Å². The van der Waals surface area contributed by atoms with Gasteiger partial charge in [0, 0.05) is 13.0 Å². The predicted octanol–water partition coefficient (Wildman–Crippen LogP) is 4.80. The molecule has 2 aromatic carbocycles. The van der Waals surface area contributed by atoms with Crippen molar-refractivity contribution in [2.24, 2.45) is 5.92 Å². The average Bonchev–Trinajstić information content (AvgIpc) is 3.46. The summed E-state index contributed by atoms with van der Waals surface area (Å²) < 4.78 is 5.64. The number of hydrogen-bond acceptors (Lipinski definition) is 4. The first-order valence-electron chi connectivity index (χ1n) is 12.4. The molecule has 0 bridgehead atoms. The van der Waals surface area contributed by atoms with Gasteiger partial charge in [-0.15, -0.1) is 0 Å². The van der Waals surface area contributed by atoms with Gasteiger partial charge in [-0.25, -0.2) is 9.59 Å². The summed E-state index contributed by atoms with van der Waals surface area (Å²) in [5, 5.41) is 12.6. The van der Waals surface area contributed by atoms with Crippen LogP contribution >= 0.6 is 0 Å². The number of fused-ring (bicyclic) bond motifs is 3. The second-order valence-electron chi connectivity index (χ2n) is 10.1. The quantitative estimate of drug-likeness (QED) is 0.568. The van der Waals surface area contributed by atoms with Crippen molar-refractivity contribution in [2.45, 2.75) is 63.5 Å². The van der Waals surface area contributed by atoms with E-state index in [0.29, 0.717) is 19.3 Å². The molecule has 2 amide bonds. The Morgan fingerprint density at radius 3 is 2.09 bits per heavy atom. The minimum atomic E-state index is -1.21. The van der Waals surface area contributed by atoms with Gasteiger partial charge in [-0.3, -0.25) is 4.79 Å². The lowest BCUT2D eigenvalue weighted by atomic mass is 9.93. The normalized spacial score (nSPS) is 16.9. The number of ether oxygens (including phenoxy) is 1. The standard InChI is InChI=1S/C28H34N2O5/c1-18(2)16-24(25(31)30(3)28(26(32)33)14-8-9-15-28)29-27(34)35-17-23-21-12-6-4-10-19(21)20-11-5-7-13-22(20)23/h4-7,10-13,18,23-24H,8-9,14-17H2,1-3H3,(H,29,34)(H,32,33). The molecular weight excluding hydrogens is 444 g/mol. The molecule has 7 nitrogen and oxygen atoms in total. The van der Waals surface area contributed by atoms with Gasteiger partial charge in [0.25, 0.3) is 0 Å². The molecule has 7 heteroatoms. The van der Waals surface area contributed by atoms with Crippen molar-refractivity contribution in [3.05, 3.63) is 59.7 Å². The van der Waals surface area contributed by atoms with Gasteiger partial charge in [0.2, 0.25) is 5.91 Å². The molecule has 2 N–H and O–H groups in total. The van der Waals surface area contributed by atoms with E-state index in [1.165, 1.54) is 11.9 Å². The fourth-order valence-electron chi connectivity index (χ4n) is 5.57. The fraction of sp³-hybridized carbons (Fsp3) is 0.464. The van der Waals surface area contributed by atoms with E-state index in [9.17, 15) is 19.5 Å². The monoisotopic (exact) mass is 478 g/mol. The van der Waals surface area contributed by atoms with Crippen LogP contribution in [0.5, 0.6) is 0 Å². The lowest BCUT2D eigenvalue weighted by Gasteiger charge is -2.37. The van der Waals surface area contributed by atoms with Gasteiger partial charge >= 0.3 is 12.1 Å². The summed E-state index contributed by atoms with van der Waals surface area (Å²) in [6.45, 7) is 4.07. The molecule has 0 aromatic heterocycles. The topological polar surface area (TPSA) is 95.9 Å². The van der Waals surface area contributed by atoms with Crippen molar-refractivity contribution < 1.29 is 24.2 Å². The van der Waals surface area contributed by atoms with Gasteiger partial charge in [0.1, 0.15) is 18.2 Å². The first kappa shape index (κ1) is 24.8. The van der Waals surface area contributed by atoms with Gasteiger partial charge in [0.15, 0.2) is 0 Å². The number of alkyl carbamates (subject to hydrolysis) is 1. The van der Waals surface area contributed by atoms with Gasteiger partial charge in [-0.05, 0) is 47.4 Å². The fourth-order valence-corrected chi connectivity index (χ4v) is 5.57. The zero-order valence-corrected chi connectivity index (χ0v) is 20.6. The van der Waals surface area contributed by atoms with Crippen molar-refractivity contribution in [1.29, 1.82) is 0 Å². The van der Waals surface area contributed by atoms with Crippen molar-refractivity contribution in [2.75, 3.05) is 13.7 Å². The molecule has 186 valence electrons. The lowest BCUT2D eigenvalue weighted by Crippen LogP contribution is -2.59. The summed E-state index contributed by atoms with van der Waals surface area (Å²) in [7, 11) is 1.54. The average molecular weight is 479 g/mol. The Balaban J connectivity index is 1.46. The van der Waals surface area contributed by atoms with Crippen LogP contribution in [0.1, 0.15) is 63.0 Å². The van der Waals surface area contributed by atoms with E-state index < -0.39 is 29.6 Å². The first-order chi connectivity index (χ1) is 16.7. The maximum absolute atomic E-state index is 13.4. The zero-order valence-electron chi connectivity index (χ0n) is 20.6. The number of nitrogens with zero attached hydrogens (tertiary/aromatic N) is 1. The summed E-state index contributed by atoms with van der Waals surface area (Å²) in [5.41, 5.74) is 3.29. The number of carbonyl (C=O) groups is 3. The highest BCUT2D eigenvalue weighted by Crippen LogP contribution is 2.44. The highest BCUT2D eigenvalue weighted by molar-refractivity contribution is 5.91. The molecule has 0 aliphatic heterocycles. The smallest absolute Gasteiger partial charge is 0.407 e. The van der Waals surface area contributed by atoms with E-state index in [4.69, 9.17) is 4.74 Å². The number of benzene rings is 2. The van der Waals surface area contributed by atoms with Crippen LogP contribution < -0.4 is 5.32 Å². The summed E-state index contributed by atoms with van der Waals surface area (Å²) in [5.74, 6) is -1.34. The number of amides is 2. The SMILES string of the molecule is CC(C)CC(NC(=O)OCC1c2ccccc2-c2ccccc21)C(=O)N(C)C1(C(=O)O)CCCC1. The van der Waals surface area contributed by atoms with Crippen LogP contribution in [0.25, 0.3) is 11.1 Å². The Kier molecular flexibility index (Phi) is 7.15. The highest BCUT2D eigenvalue weighted by Gasteiger charge is 2.48. The van der Waals surface area contributed by atoms with Crippen LogP contribution in [0.15, 0.2) is 48.5 Å². The third-order valence-electron chi connectivity index (χ3n) is 7.44. The van der Waals surface area contributed by atoms with Gasteiger partial charge in [-0.1, -0.05) is 75.2 Å². The summed E-state index contributed by atoms with van der Waals surface area (Å²) in [6.07, 6.45) is 2.09. The largest absolute Gasteiger partial charge is 0.479 e. The van der Waals surface area contributed by atoms with Crippen molar-refractivity contribution in [3.63, 3.8) is 0 Å². The van der Waals surface area contributed by atoms with Crippen molar-refractivity contribution >= 4 is 18.0 Å². The van der Waals surface area contributed by atoms with E-state index in [0.717, 1.165) is 35.1 Å². The number of carboxylic acid groups (broad SMARTS) is 1. The van der Waals surface area contributed by atoms with Crippen LogP contribution in [0.4, 0.5) is 4.79 Å². The molecule has 1 atom stereocenters. The zero-order chi connectivity index (χ0) is 25.2. The third-order valence-corrected chi connectivity index (χ3v) is 7.44. The van der Waals surface area contributed by atoms with Gasteiger partial charge in [0.05, 0.1) is 0 Å². The van der Waals surface area contributed by atoms with E-state index in [-0.39, 0.29) is 18.4 Å². The molecule has 1 unspecified atom stereocenters. The maximum atomic E-state index is 13.4.